The molecule has 1 N–H and O–H groups in total. The summed E-state index contributed by atoms with van der Waals surface area (Å²) in [6, 6.07) is 2.98. The lowest BCUT2D eigenvalue weighted by Crippen LogP contribution is -2.42. The second kappa shape index (κ2) is 8.41. The Hall–Kier alpha value is -2.97. The van der Waals surface area contributed by atoms with Gasteiger partial charge in [0.2, 0.25) is 5.91 Å². The van der Waals surface area contributed by atoms with Crippen molar-refractivity contribution in [2.75, 3.05) is 7.11 Å². The molecule has 1 aliphatic carbocycles. The Kier molecular flexibility index (Phi) is 5.77. The summed E-state index contributed by atoms with van der Waals surface area (Å²) < 4.78 is 12.2. The van der Waals surface area contributed by atoms with Crippen molar-refractivity contribution in [2.45, 2.75) is 44.4 Å². The number of amides is 1. The van der Waals surface area contributed by atoms with Crippen LogP contribution in [0, 0.1) is 0 Å². The molecule has 0 aliphatic heterocycles. The number of hydrogen-bond acceptors (Lipinski definition) is 7. The largest absolute Gasteiger partial charge is 0.477 e. The summed E-state index contributed by atoms with van der Waals surface area (Å²) in [6.07, 6.45) is 7.74. The molecule has 1 fully saturated rings. The maximum atomic E-state index is 12.1. The molecule has 0 radical (unpaired) electrons. The van der Waals surface area contributed by atoms with Crippen LogP contribution in [0.3, 0.4) is 0 Å². The number of carbonyl (C=O) groups excluding carboxylic acids is 1. The number of ether oxygens (including phenoxy) is 2. The van der Waals surface area contributed by atoms with E-state index in [0.29, 0.717) is 11.8 Å². The van der Waals surface area contributed by atoms with Crippen molar-refractivity contribution in [1.29, 1.82) is 0 Å². The highest BCUT2D eigenvalue weighted by molar-refractivity contribution is 5.75. The van der Waals surface area contributed by atoms with Crippen LogP contribution < -0.4 is 20.3 Å². The molecular weight excluding hydrogens is 338 g/mol. The third-order valence-corrected chi connectivity index (χ3v) is 4.22. The predicted octanol–water partition coefficient (Wildman–Crippen LogP) is 0.548. The van der Waals surface area contributed by atoms with Crippen LogP contribution in [-0.2, 0) is 11.3 Å². The van der Waals surface area contributed by atoms with Crippen LogP contribution in [0.1, 0.15) is 25.7 Å². The zero-order valence-corrected chi connectivity index (χ0v) is 14.5. The minimum atomic E-state index is -0.294. The fourth-order valence-corrected chi connectivity index (χ4v) is 2.93. The van der Waals surface area contributed by atoms with Crippen LogP contribution in [-0.4, -0.2) is 44.9 Å². The molecule has 1 aliphatic rings. The number of rotatable bonds is 6. The van der Waals surface area contributed by atoms with Gasteiger partial charge in [-0.1, -0.05) is 0 Å². The van der Waals surface area contributed by atoms with Gasteiger partial charge in [0, 0.05) is 30.7 Å². The van der Waals surface area contributed by atoms with E-state index in [9.17, 15) is 9.59 Å². The van der Waals surface area contributed by atoms with Crippen molar-refractivity contribution in [1.82, 2.24) is 25.1 Å². The maximum Gasteiger partial charge on any atom is 0.278 e. The topological polar surface area (TPSA) is 108 Å². The molecule has 9 nitrogen and oxygen atoms in total. The molecule has 0 aromatic carbocycles. The molecule has 9 heteroatoms. The summed E-state index contributed by atoms with van der Waals surface area (Å²) in [4.78, 5) is 31.9. The van der Waals surface area contributed by atoms with Crippen LogP contribution in [0.2, 0.25) is 0 Å². The number of carbonyl (C=O) groups is 1. The Morgan fingerprint density at radius 3 is 2.62 bits per heavy atom. The molecule has 1 saturated carbocycles. The summed E-state index contributed by atoms with van der Waals surface area (Å²) in [5, 5.41) is 6.84. The van der Waals surface area contributed by atoms with Crippen molar-refractivity contribution < 1.29 is 14.3 Å². The summed E-state index contributed by atoms with van der Waals surface area (Å²) in [5.41, 5.74) is -0.294. The average Bonchev–Trinajstić information content (AvgIpc) is 2.66. The standard InChI is InChI=1S/C17H21N5O4/c1-25-16-17(19-10-9-18-16)26-13-6-4-12(5-7-13)21-14(23)11-22-15(24)3-2-8-20-22/h2-3,8-10,12-13H,4-7,11H2,1H3,(H,21,23). The van der Waals surface area contributed by atoms with E-state index in [1.54, 1.807) is 18.5 Å². The van der Waals surface area contributed by atoms with Crippen molar-refractivity contribution in [2.24, 2.45) is 0 Å². The summed E-state index contributed by atoms with van der Waals surface area (Å²) >= 11 is 0. The fourth-order valence-electron chi connectivity index (χ4n) is 2.93. The molecule has 0 saturated heterocycles. The number of aromatic nitrogens is 4. The normalized spacial score (nSPS) is 19.6. The first-order chi connectivity index (χ1) is 12.7. The fraction of sp³-hybridized carbons (Fsp3) is 0.471. The van der Waals surface area contributed by atoms with E-state index in [4.69, 9.17) is 9.47 Å². The van der Waals surface area contributed by atoms with E-state index in [0.717, 1.165) is 30.4 Å². The molecule has 0 unspecified atom stereocenters. The minimum absolute atomic E-state index is 0.00663. The highest BCUT2D eigenvalue weighted by Gasteiger charge is 2.25. The highest BCUT2D eigenvalue weighted by atomic mass is 16.5. The van der Waals surface area contributed by atoms with E-state index < -0.39 is 0 Å². The van der Waals surface area contributed by atoms with Gasteiger partial charge >= 0.3 is 0 Å². The highest BCUT2D eigenvalue weighted by Crippen LogP contribution is 2.27. The van der Waals surface area contributed by atoms with Crippen molar-refractivity contribution >= 4 is 5.91 Å². The van der Waals surface area contributed by atoms with Crippen LogP contribution >= 0.6 is 0 Å². The van der Waals surface area contributed by atoms with Gasteiger partial charge in [-0.05, 0) is 31.7 Å². The van der Waals surface area contributed by atoms with E-state index >= 15 is 0 Å². The van der Waals surface area contributed by atoms with Gasteiger partial charge in [-0.25, -0.2) is 14.6 Å². The smallest absolute Gasteiger partial charge is 0.278 e. The molecule has 2 aromatic rings. The van der Waals surface area contributed by atoms with Gasteiger partial charge in [-0.3, -0.25) is 9.59 Å². The molecule has 2 aromatic heterocycles. The second-order valence-corrected chi connectivity index (χ2v) is 6.05. The molecule has 1 amide bonds. The average molecular weight is 359 g/mol. The molecule has 0 bridgehead atoms. The minimum Gasteiger partial charge on any atom is -0.477 e. The number of hydrogen-bond donors (Lipinski definition) is 1. The molecule has 0 spiro atoms. The van der Waals surface area contributed by atoms with Gasteiger partial charge in [0.15, 0.2) is 0 Å². The molecular formula is C17H21N5O4. The van der Waals surface area contributed by atoms with E-state index in [2.05, 4.69) is 20.4 Å². The first-order valence-corrected chi connectivity index (χ1v) is 8.49. The number of methoxy groups -OCH3 is 1. The van der Waals surface area contributed by atoms with Crippen LogP contribution in [0.4, 0.5) is 0 Å². The van der Waals surface area contributed by atoms with E-state index in [1.165, 1.54) is 19.4 Å². The Morgan fingerprint density at radius 1 is 1.19 bits per heavy atom. The van der Waals surface area contributed by atoms with Crippen LogP contribution in [0.25, 0.3) is 0 Å². The van der Waals surface area contributed by atoms with E-state index in [1.807, 2.05) is 0 Å². The molecule has 3 rings (SSSR count). The van der Waals surface area contributed by atoms with Crippen molar-refractivity contribution in [3.8, 4) is 11.8 Å². The maximum absolute atomic E-state index is 12.1. The van der Waals surface area contributed by atoms with Crippen LogP contribution in [0.5, 0.6) is 11.8 Å². The SMILES string of the molecule is COc1nccnc1OC1CCC(NC(=O)Cn2ncccc2=O)CC1. The first kappa shape index (κ1) is 17.8. The van der Waals surface area contributed by atoms with Gasteiger partial charge in [0.05, 0.1) is 7.11 Å². The summed E-state index contributed by atoms with van der Waals surface area (Å²) in [6.45, 7) is -0.0765. The number of nitrogens with one attached hydrogen (secondary N) is 1. The second-order valence-electron chi connectivity index (χ2n) is 6.05. The lowest BCUT2D eigenvalue weighted by Gasteiger charge is -2.29. The molecule has 2 heterocycles. The molecule has 138 valence electrons. The Balaban J connectivity index is 1.47. The lowest BCUT2D eigenvalue weighted by atomic mass is 9.93. The lowest BCUT2D eigenvalue weighted by molar-refractivity contribution is -0.123. The summed E-state index contributed by atoms with van der Waals surface area (Å²) in [7, 11) is 1.52. The van der Waals surface area contributed by atoms with E-state index in [-0.39, 0.29) is 30.2 Å². The van der Waals surface area contributed by atoms with Gasteiger partial charge in [-0.15, -0.1) is 0 Å². The Labute approximate surface area is 150 Å². The van der Waals surface area contributed by atoms with Gasteiger partial charge in [0.1, 0.15) is 12.6 Å². The van der Waals surface area contributed by atoms with Gasteiger partial charge < -0.3 is 14.8 Å². The van der Waals surface area contributed by atoms with Gasteiger partial charge in [0.25, 0.3) is 17.3 Å². The molecule has 0 atom stereocenters. The number of nitrogens with zero attached hydrogens (tertiary/aromatic N) is 4. The molecule has 26 heavy (non-hydrogen) atoms. The summed E-state index contributed by atoms with van der Waals surface area (Å²) in [5.74, 6) is 0.534. The monoisotopic (exact) mass is 359 g/mol. The zero-order chi connectivity index (χ0) is 18.4. The Morgan fingerprint density at radius 2 is 1.92 bits per heavy atom. The third-order valence-electron chi connectivity index (χ3n) is 4.22. The van der Waals surface area contributed by atoms with Crippen molar-refractivity contribution in [3.63, 3.8) is 0 Å². The quantitative estimate of drug-likeness (QED) is 0.802. The van der Waals surface area contributed by atoms with Crippen LogP contribution in [0.15, 0.2) is 35.5 Å². The zero-order valence-electron chi connectivity index (χ0n) is 14.5. The Bertz CT molecular complexity index is 801. The van der Waals surface area contributed by atoms with Crippen molar-refractivity contribution in [3.05, 3.63) is 41.1 Å². The third kappa shape index (κ3) is 4.56. The predicted molar refractivity (Wildman–Crippen MR) is 91.9 cm³/mol. The first-order valence-electron chi connectivity index (χ1n) is 8.49. The van der Waals surface area contributed by atoms with Gasteiger partial charge in [-0.2, -0.15) is 5.10 Å².